The maximum Gasteiger partial charge on any atom is 0.142 e. The van der Waals surface area contributed by atoms with Crippen molar-refractivity contribution in [2.45, 2.75) is 26.3 Å². The molecule has 82 valence electrons. The lowest BCUT2D eigenvalue weighted by molar-refractivity contribution is 0.294. The normalized spacial score (nSPS) is 15.3. The summed E-state index contributed by atoms with van der Waals surface area (Å²) in [6, 6.07) is 4.03. The summed E-state index contributed by atoms with van der Waals surface area (Å²) in [4.78, 5) is 4.47. The molecule has 0 atom stereocenters. The number of hydrogen-bond donors (Lipinski definition) is 1. The van der Waals surface area contributed by atoms with Crippen LogP contribution in [0.15, 0.2) is 12.1 Å². The van der Waals surface area contributed by atoms with Crippen molar-refractivity contribution in [2.24, 2.45) is 5.92 Å². The van der Waals surface area contributed by atoms with Crippen LogP contribution in [0.5, 0.6) is 5.75 Å². The number of aromatic nitrogens is 1. The Morgan fingerprint density at radius 1 is 1.47 bits per heavy atom. The molecule has 0 unspecified atom stereocenters. The van der Waals surface area contributed by atoms with E-state index in [1.165, 1.54) is 12.8 Å². The molecule has 1 aliphatic rings. The van der Waals surface area contributed by atoms with E-state index in [1.54, 1.807) is 0 Å². The summed E-state index contributed by atoms with van der Waals surface area (Å²) in [7, 11) is 1.93. The molecule has 0 saturated heterocycles. The Morgan fingerprint density at radius 3 is 2.93 bits per heavy atom. The molecular formula is C12H18N2O. The molecule has 1 aromatic heterocycles. The maximum atomic E-state index is 5.77. The first kappa shape index (κ1) is 10.4. The molecule has 2 rings (SSSR count). The first-order chi connectivity index (χ1) is 7.29. The molecule has 1 saturated carbocycles. The van der Waals surface area contributed by atoms with Crippen molar-refractivity contribution in [3.63, 3.8) is 0 Å². The van der Waals surface area contributed by atoms with Crippen LogP contribution in [0, 0.1) is 12.8 Å². The van der Waals surface area contributed by atoms with Crippen LogP contribution in [0.2, 0.25) is 0 Å². The van der Waals surface area contributed by atoms with Gasteiger partial charge in [-0.3, -0.25) is 4.98 Å². The molecule has 0 radical (unpaired) electrons. The minimum atomic E-state index is 0.766. The van der Waals surface area contributed by atoms with Gasteiger partial charge in [-0.25, -0.2) is 0 Å². The van der Waals surface area contributed by atoms with Crippen molar-refractivity contribution in [1.29, 1.82) is 0 Å². The average molecular weight is 206 g/mol. The van der Waals surface area contributed by atoms with Gasteiger partial charge in [-0.05, 0) is 44.9 Å². The van der Waals surface area contributed by atoms with Gasteiger partial charge in [-0.1, -0.05) is 0 Å². The zero-order valence-electron chi connectivity index (χ0n) is 9.42. The molecule has 3 nitrogen and oxygen atoms in total. The molecule has 1 aliphatic carbocycles. The van der Waals surface area contributed by atoms with E-state index < -0.39 is 0 Å². The Bertz CT molecular complexity index is 334. The standard InChI is InChI=1S/C12H18N2O/c1-9-3-6-12(11(14-9)7-13-2)15-8-10-4-5-10/h3,6,10,13H,4-5,7-8H2,1-2H3. The highest BCUT2D eigenvalue weighted by Crippen LogP contribution is 2.30. The number of nitrogens with one attached hydrogen (secondary N) is 1. The van der Waals surface area contributed by atoms with Crippen LogP contribution in [0.3, 0.4) is 0 Å². The van der Waals surface area contributed by atoms with E-state index in [2.05, 4.69) is 10.3 Å². The minimum absolute atomic E-state index is 0.766. The van der Waals surface area contributed by atoms with E-state index in [0.29, 0.717) is 0 Å². The summed E-state index contributed by atoms with van der Waals surface area (Å²) >= 11 is 0. The molecule has 3 heteroatoms. The Balaban J connectivity index is 2.04. The molecular weight excluding hydrogens is 188 g/mol. The van der Waals surface area contributed by atoms with Crippen LogP contribution < -0.4 is 10.1 Å². The quantitative estimate of drug-likeness (QED) is 0.799. The Hall–Kier alpha value is -1.09. The number of ether oxygens (including phenoxy) is 1. The van der Waals surface area contributed by atoms with E-state index >= 15 is 0 Å². The van der Waals surface area contributed by atoms with Gasteiger partial charge in [0.05, 0.1) is 12.3 Å². The molecule has 1 fully saturated rings. The number of pyridine rings is 1. The smallest absolute Gasteiger partial charge is 0.142 e. The molecule has 0 spiro atoms. The van der Waals surface area contributed by atoms with Crippen LogP contribution in [0.25, 0.3) is 0 Å². The summed E-state index contributed by atoms with van der Waals surface area (Å²) in [6.07, 6.45) is 2.64. The summed E-state index contributed by atoms with van der Waals surface area (Å²) in [5, 5.41) is 3.11. The summed E-state index contributed by atoms with van der Waals surface area (Å²) in [5.74, 6) is 1.72. The Morgan fingerprint density at radius 2 is 2.27 bits per heavy atom. The van der Waals surface area contributed by atoms with Crippen molar-refractivity contribution in [3.8, 4) is 5.75 Å². The third kappa shape index (κ3) is 2.93. The summed E-state index contributed by atoms with van der Waals surface area (Å²) in [5.41, 5.74) is 2.05. The lowest BCUT2D eigenvalue weighted by atomic mass is 10.3. The lowest BCUT2D eigenvalue weighted by Gasteiger charge is -2.10. The molecule has 1 aromatic rings. The predicted molar refractivity (Wildman–Crippen MR) is 60.0 cm³/mol. The number of aryl methyl sites for hydroxylation is 1. The summed E-state index contributed by atoms with van der Waals surface area (Å²) < 4.78 is 5.77. The zero-order chi connectivity index (χ0) is 10.7. The van der Waals surface area contributed by atoms with Crippen molar-refractivity contribution >= 4 is 0 Å². The third-order valence-corrected chi connectivity index (χ3v) is 2.59. The first-order valence-corrected chi connectivity index (χ1v) is 5.53. The zero-order valence-corrected chi connectivity index (χ0v) is 9.42. The predicted octanol–water partition coefficient (Wildman–Crippen LogP) is 1.90. The van der Waals surface area contributed by atoms with Gasteiger partial charge in [0.15, 0.2) is 0 Å². The second-order valence-corrected chi connectivity index (χ2v) is 4.18. The van der Waals surface area contributed by atoms with Gasteiger partial charge in [0.2, 0.25) is 0 Å². The van der Waals surface area contributed by atoms with Gasteiger partial charge < -0.3 is 10.1 Å². The fourth-order valence-electron chi connectivity index (χ4n) is 1.52. The second kappa shape index (κ2) is 4.62. The van der Waals surface area contributed by atoms with Crippen LogP contribution in [0.1, 0.15) is 24.2 Å². The van der Waals surface area contributed by atoms with Crippen LogP contribution in [-0.4, -0.2) is 18.6 Å². The molecule has 1 heterocycles. The molecule has 0 aromatic carbocycles. The molecule has 0 bridgehead atoms. The van der Waals surface area contributed by atoms with E-state index in [0.717, 1.165) is 36.2 Å². The number of nitrogens with zero attached hydrogens (tertiary/aromatic N) is 1. The first-order valence-electron chi connectivity index (χ1n) is 5.53. The van der Waals surface area contributed by atoms with Gasteiger partial charge in [-0.2, -0.15) is 0 Å². The monoisotopic (exact) mass is 206 g/mol. The largest absolute Gasteiger partial charge is 0.491 e. The van der Waals surface area contributed by atoms with Crippen LogP contribution in [0.4, 0.5) is 0 Å². The van der Waals surface area contributed by atoms with Crippen LogP contribution >= 0.6 is 0 Å². The molecule has 1 N–H and O–H groups in total. The van der Waals surface area contributed by atoms with Crippen molar-refractivity contribution < 1.29 is 4.74 Å². The topological polar surface area (TPSA) is 34.2 Å². The number of hydrogen-bond acceptors (Lipinski definition) is 3. The second-order valence-electron chi connectivity index (χ2n) is 4.18. The van der Waals surface area contributed by atoms with E-state index in [9.17, 15) is 0 Å². The molecule has 0 aliphatic heterocycles. The van der Waals surface area contributed by atoms with E-state index in [1.807, 2.05) is 26.1 Å². The van der Waals surface area contributed by atoms with Crippen molar-refractivity contribution in [3.05, 3.63) is 23.5 Å². The van der Waals surface area contributed by atoms with Crippen molar-refractivity contribution in [1.82, 2.24) is 10.3 Å². The Labute approximate surface area is 90.9 Å². The van der Waals surface area contributed by atoms with Gasteiger partial charge in [0, 0.05) is 12.2 Å². The van der Waals surface area contributed by atoms with Gasteiger partial charge in [0.25, 0.3) is 0 Å². The molecule has 0 amide bonds. The fourth-order valence-corrected chi connectivity index (χ4v) is 1.52. The Kier molecular flexibility index (Phi) is 3.21. The lowest BCUT2D eigenvalue weighted by Crippen LogP contribution is -2.11. The SMILES string of the molecule is CNCc1nc(C)ccc1OCC1CC1. The van der Waals surface area contributed by atoms with Gasteiger partial charge in [-0.15, -0.1) is 0 Å². The maximum absolute atomic E-state index is 5.77. The van der Waals surface area contributed by atoms with E-state index in [-0.39, 0.29) is 0 Å². The van der Waals surface area contributed by atoms with Crippen LogP contribution in [-0.2, 0) is 6.54 Å². The molecule has 15 heavy (non-hydrogen) atoms. The average Bonchev–Trinajstić information content (AvgIpc) is 3.01. The highest BCUT2D eigenvalue weighted by molar-refractivity contribution is 5.29. The fraction of sp³-hybridized carbons (Fsp3) is 0.583. The van der Waals surface area contributed by atoms with E-state index in [4.69, 9.17) is 4.74 Å². The van der Waals surface area contributed by atoms with Gasteiger partial charge >= 0.3 is 0 Å². The highest BCUT2D eigenvalue weighted by atomic mass is 16.5. The van der Waals surface area contributed by atoms with Crippen molar-refractivity contribution in [2.75, 3.05) is 13.7 Å². The summed E-state index contributed by atoms with van der Waals surface area (Å²) in [6.45, 7) is 3.62. The highest BCUT2D eigenvalue weighted by Gasteiger charge is 2.22. The third-order valence-electron chi connectivity index (χ3n) is 2.59. The number of rotatable bonds is 5. The minimum Gasteiger partial charge on any atom is -0.491 e. The van der Waals surface area contributed by atoms with Gasteiger partial charge in [0.1, 0.15) is 5.75 Å².